The lowest BCUT2D eigenvalue weighted by molar-refractivity contribution is 0.270. The quantitative estimate of drug-likeness (QED) is 0.100. The lowest BCUT2D eigenvalue weighted by Crippen LogP contribution is -2.19. The summed E-state index contributed by atoms with van der Waals surface area (Å²) in [5.74, 6) is 0. The van der Waals surface area contributed by atoms with Crippen LogP contribution in [0.2, 0.25) is 0 Å². The summed E-state index contributed by atoms with van der Waals surface area (Å²) in [5, 5.41) is 0. The van der Waals surface area contributed by atoms with Gasteiger partial charge in [-0.2, -0.15) is 8.42 Å². The van der Waals surface area contributed by atoms with Gasteiger partial charge in [0.1, 0.15) is 0 Å². The average Bonchev–Trinajstić information content (AvgIpc) is 2.76. The van der Waals surface area contributed by atoms with Crippen molar-refractivity contribution in [1.29, 1.82) is 0 Å². The zero-order valence-corrected chi connectivity index (χ0v) is 21.4. The molecule has 0 aliphatic carbocycles. The minimum absolute atomic E-state index is 0.0600. The Morgan fingerprint density at radius 3 is 1.52 bits per heavy atom. The fraction of sp³-hybridized carbons (Fsp3) is 0.920. The fourth-order valence-electron chi connectivity index (χ4n) is 3.24. The van der Waals surface area contributed by atoms with Crippen molar-refractivity contribution in [3.05, 3.63) is 12.7 Å². The van der Waals surface area contributed by atoms with Crippen molar-refractivity contribution in [2.45, 2.75) is 135 Å². The molecule has 0 radical (unpaired) electrons. The molecule has 2 N–H and O–H groups in total. The van der Waals surface area contributed by atoms with E-state index in [0.717, 1.165) is 38.5 Å². The molecule has 0 saturated heterocycles. The molecule has 0 saturated carbocycles. The Morgan fingerprint density at radius 2 is 1.13 bits per heavy atom. The Balaban J connectivity index is 0. The van der Waals surface area contributed by atoms with Crippen LogP contribution in [0.1, 0.15) is 129 Å². The summed E-state index contributed by atoms with van der Waals surface area (Å²) in [6.45, 7) is 8.42. The molecule has 0 aromatic heterocycles. The van der Waals surface area contributed by atoms with Crippen LogP contribution in [0.25, 0.3) is 0 Å². The third kappa shape index (κ3) is 25.7. The summed E-state index contributed by atoms with van der Waals surface area (Å²) in [7, 11) is -4.03. The second-order valence-corrected chi connectivity index (χ2v) is 10.1. The summed E-state index contributed by atoms with van der Waals surface area (Å²) in [4.78, 5) is 0. The van der Waals surface area contributed by atoms with Crippen LogP contribution >= 0.6 is 0 Å². The van der Waals surface area contributed by atoms with E-state index in [2.05, 4.69) is 20.4 Å². The maximum Gasteiger partial charge on any atom is 0.299 e. The molecule has 0 heterocycles. The van der Waals surface area contributed by atoms with Crippen LogP contribution in [0.15, 0.2) is 12.7 Å². The van der Waals surface area contributed by atoms with Gasteiger partial charge in [0.15, 0.2) is 0 Å². The van der Waals surface area contributed by atoms with E-state index in [1.807, 2.05) is 0 Å². The second-order valence-electron chi connectivity index (χ2n) is 8.34. The van der Waals surface area contributed by atoms with Gasteiger partial charge in [0.05, 0.1) is 6.61 Å². The van der Waals surface area contributed by atoms with Crippen LogP contribution < -0.4 is 5.73 Å². The zero-order chi connectivity index (χ0) is 23.6. The van der Waals surface area contributed by atoms with Gasteiger partial charge in [0.25, 0.3) is 10.1 Å². The minimum Gasteiger partial charge on any atom is -0.327 e. The molecule has 0 amide bonds. The number of unbranched alkanes of at least 4 members (excludes halogenated alkanes) is 15. The van der Waals surface area contributed by atoms with E-state index in [0.29, 0.717) is 19.4 Å². The molecule has 1 unspecified atom stereocenters. The van der Waals surface area contributed by atoms with Crippen molar-refractivity contribution < 1.29 is 17.0 Å². The van der Waals surface area contributed by atoms with Crippen molar-refractivity contribution in [2.75, 3.05) is 13.2 Å². The maximum absolute atomic E-state index is 13.8. The van der Waals surface area contributed by atoms with E-state index >= 15 is 0 Å². The molecule has 0 spiro atoms. The van der Waals surface area contributed by atoms with Crippen molar-refractivity contribution >= 4 is 10.1 Å². The van der Waals surface area contributed by atoms with E-state index in [9.17, 15) is 12.8 Å². The van der Waals surface area contributed by atoms with Gasteiger partial charge in [0, 0.05) is 6.54 Å². The number of nitrogens with two attached hydrogens (primary N) is 1. The van der Waals surface area contributed by atoms with E-state index in [1.165, 1.54) is 57.8 Å². The molecule has 0 aliphatic rings. The smallest absolute Gasteiger partial charge is 0.299 e. The number of halogens is 1. The van der Waals surface area contributed by atoms with Crippen LogP contribution in [-0.4, -0.2) is 27.1 Å². The second kappa shape index (κ2) is 25.8. The Labute approximate surface area is 193 Å². The van der Waals surface area contributed by atoms with Gasteiger partial charge in [-0.05, 0) is 19.3 Å². The molecule has 0 aromatic rings. The van der Waals surface area contributed by atoms with Gasteiger partial charge in [-0.3, -0.25) is 4.18 Å². The Kier molecular flexibility index (Phi) is 27.2. The molecular formula is C25H52FNO3S. The van der Waals surface area contributed by atoms with E-state index in [-0.39, 0.29) is 13.0 Å². The zero-order valence-electron chi connectivity index (χ0n) is 20.6. The highest BCUT2D eigenvalue weighted by Crippen LogP contribution is 2.17. The van der Waals surface area contributed by atoms with Gasteiger partial charge in [0.2, 0.25) is 5.50 Å². The highest BCUT2D eigenvalue weighted by atomic mass is 32.2. The van der Waals surface area contributed by atoms with Crippen molar-refractivity contribution in [1.82, 2.24) is 0 Å². The number of hydrogen-bond acceptors (Lipinski definition) is 4. The number of hydrogen-bond donors (Lipinski definition) is 1. The lowest BCUT2D eigenvalue weighted by Gasteiger charge is -2.10. The standard InChI is InChI=1S/C22H45FO3S.C3H7N/c1-3-5-7-9-10-11-12-13-14-15-17-19-21-26-27(24,25)22(23)20-18-16-8-6-4-2;1-2-3-4/h22H,3-21H2,1-2H3;2H,1,3-4H2. The maximum atomic E-state index is 13.8. The SMILES string of the molecule is C=CCN.CCCCCCCCCCCCCCOS(=O)(=O)C(F)CCCCCCC. The largest absolute Gasteiger partial charge is 0.327 e. The normalized spacial score (nSPS) is 12.3. The summed E-state index contributed by atoms with van der Waals surface area (Å²) in [5.41, 5.74) is 3.05. The molecule has 1 atom stereocenters. The molecule has 0 aromatic carbocycles. The molecule has 0 aliphatic heterocycles. The van der Waals surface area contributed by atoms with Crippen LogP contribution in [0.5, 0.6) is 0 Å². The van der Waals surface area contributed by atoms with Gasteiger partial charge >= 0.3 is 0 Å². The summed E-state index contributed by atoms with van der Waals surface area (Å²) < 4.78 is 42.2. The highest BCUT2D eigenvalue weighted by Gasteiger charge is 2.25. The van der Waals surface area contributed by atoms with Crippen molar-refractivity contribution in [3.63, 3.8) is 0 Å². The molecular weight excluding hydrogens is 413 g/mol. The topological polar surface area (TPSA) is 69.4 Å². The van der Waals surface area contributed by atoms with E-state index in [4.69, 9.17) is 9.92 Å². The summed E-state index contributed by atoms with van der Waals surface area (Å²) >= 11 is 0. The predicted molar refractivity (Wildman–Crippen MR) is 133 cm³/mol. The molecule has 0 fully saturated rings. The Morgan fingerprint density at radius 1 is 0.774 bits per heavy atom. The number of alkyl halides is 1. The first-order valence-electron chi connectivity index (χ1n) is 12.8. The van der Waals surface area contributed by atoms with Gasteiger partial charge < -0.3 is 5.73 Å². The average molecular weight is 466 g/mol. The highest BCUT2D eigenvalue weighted by molar-refractivity contribution is 7.87. The van der Waals surface area contributed by atoms with Gasteiger partial charge in [-0.1, -0.05) is 116 Å². The Bertz CT molecular complexity index is 458. The van der Waals surface area contributed by atoms with Gasteiger partial charge in [-0.25, -0.2) is 4.39 Å². The molecule has 188 valence electrons. The summed E-state index contributed by atoms with van der Waals surface area (Å²) in [6, 6.07) is 0. The first-order valence-corrected chi connectivity index (χ1v) is 14.3. The third-order valence-electron chi connectivity index (χ3n) is 5.26. The van der Waals surface area contributed by atoms with Gasteiger partial charge in [-0.15, -0.1) is 6.58 Å². The third-order valence-corrected chi connectivity index (χ3v) is 6.62. The van der Waals surface area contributed by atoms with Crippen LogP contribution in [0.3, 0.4) is 0 Å². The van der Waals surface area contributed by atoms with Crippen LogP contribution in [-0.2, 0) is 14.3 Å². The molecule has 4 nitrogen and oxygen atoms in total. The number of rotatable bonds is 22. The van der Waals surface area contributed by atoms with Crippen LogP contribution in [0, 0.1) is 0 Å². The first-order chi connectivity index (χ1) is 15.0. The van der Waals surface area contributed by atoms with E-state index in [1.54, 1.807) is 6.08 Å². The first kappa shape index (κ1) is 32.7. The monoisotopic (exact) mass is 465 g/mol. The Hall–Kier alpha value is -0.460. The fourth-order valence-corrected chi connectivity index (χ4v) is 4.20. The molecule has 0 rings (SSSR count). The summed E-state index contributed by atoms with van der Waals surface area (Å²) in [6.07, 6.45) is 21.1. The molecule has 6 heteroatoms. The predicted octanol–water partition coefficient (Wildman–Crippen LogP) is 7.82. The molecule has 0 bridgehead atoms. The van der Waals surface area contributed by atoms with E-state index < -0.39 is 15.6 Å². The van der Waals surface area contributed by atoms with Crippen LogP contribution in [0.4, 0.5) is 4.39 Å². The molecule has 31 heavy (non-hydrogen) atoms. The lowest BCUT2D eigenvalue weighted by atomic mass is 10.1. The van der Waals surface area contributed by atoms with Crippen molar-refractivity contribution in [2.24, 2.45) is 5.73 Å². The van der Waals surface area contributed by atoms with Crippen molar-refractivity contribution in [3.8, 4) is 0 Å². The minimum atomic E-state index is -4.03.